The molecule has 64 valence electrons. The first-order valence-electron chi connectivity index (χ1n) is 4.01. The maximum atomic E-state index is 8.75. The van der Waals surface area contributed by atoms with Crippen LogP contribution in [-0.4, -0.2) is 4.98 Å². The molecule has 0 aliphatic heterocycles. The van der Waals surface area contributed by atoms with Crippen molar-refractivity contribution in [2.24, 2.45) is 0 Å². The minimum atomic E-state index is 0.448. The number of nitrogen functional groups attached to an aromatic ring is 1. The summed E-state index contributed by atoms with van der Waals surface area (Å²) in [6.45, 7) is 1.98. The van der Waals surface area contributed by atoms with E-state index in [1.54, 1.807) is 0 Å². The lowest BCUT2D eigenvalue weighted by atomic mass is 10.1. The van der Waals surface area contributed by atoms with Gasteiger partial charge in [-0.25, -0.2) is 0 Å². The van der Waals surface area contributed by atoms with E-state index >= 15 is 0 Å². The Balaban J connectivity index is 2.95. The Morgan fingerprint density at radius 1 is 1.46 bits per heavy atom. The third-order valence-corrected chi connectivity index (χ3v) is 2.18. The fraction of sp³-hybridized carbons (Fsp3) is 0.100. The molecule has 3 nitrogen and oxygen atoms in total. The molecular weight excluding hydrogens is 162 g/mol. The number of nitriles is 1. The SMILES string of the molecule is Cc1cccc2[nH]c(C#N)c(N)c12. The van der Waals surface area contributed by atoms with Gasteiger partial charge in [0.15, 0.2) is 0 Å². The second kappa shape index (κ2) is 2.53. The number of nitrogens with zero attached hydrogens (tertiary/aromatic N) is 1. The Labute approximate surface area is 75.8 Å². The number of nitrogens with one attached hydrogen (secondary N) is 1. The van der Waals surface area contributed by atoms with E-state index in [1.807, 2.05) is 31.2 Å². The van der Waals surface area contributed by atoms with E-state index in [0.717, 1.165) is 16.5 Å². The maximum Gasteiger partial charge on any atom is 0.141 e. The minimum Gasteiger partial charge on any atom is -0.396 e. The van der Waals surface area contributed by atoms with Gasteiger partial charge < -0.3 is 10.7 Å². The lowest BCUT2D eigenvalue weighted by molar-refractivity contribution is 1.37. The molecule has 0 saturated heterocycles. The molecule has 0 radical (unpaired) electrons. The summed E-state index contributed by atoms with van der Waals surface area (Å²) in [5, 5.41) is 9.71. The molecule has 0 fully saturated rings. The van der Waals surface area contributed by atoms with Crippen LogP contribution in [0.3, 0.4) is 0 Å². The zero-order valence-corrected chi connectivity index (χ0v) is 7.26. The predicted molar refractivity (Wildman–Crippen MR) is 52.2 cm³/mol. The monoisotopic (exact) mass is 171 g/mol. The fourth-order valence-corrected chi connectivity index (χ4v) is 1.54. The molecule has 0 amide bonds. The van der Waals surface area contributed by atoms with E-state index < -0.39 is 0 Å². The number of anilines is 1. The van der Waals surface area contributed by atoms with Gasteiger partial charge >= 0.3 is 0 Å². The van der Waals surface area contributed by atoms with Crippen LogP contribution in [0.4, 0.5) is 5.69 Å². The van der Waals surface area contributed by atoms with E-state index in [9.17, 15) is 0 Å². The topological polar surface area (TPSA) is 65.6 Å². The van der Waals surface area contributed by atoms with E-state index in [1.165, 1.54) is 0 Å². The van der Waals surface area contributed by atoms with E-state index in [2.05, 4.69) is 4.98 Å². The standard InChI is InChI=1S/C10H9N3/c1-6-3-2-4-7-9(6)10(12)8(5-11)13-7/h2-4,13H,12H2,1H3. The first-order valence-corrected chi connectivity index (χ1v) is 4.01. The molecule has 1 aromatic carbocycles. The number of aromatic amines is 1. The van der Waals surface area contributed by atoms with E-state index in [0.29, 0.717) is 11.4 Å². The molecule has 0 bridgehead atoms. The van der Waals surface area contributed by atoms with Crippen LogP contribution in [0.25, 0.3) is 10.9 Å². The van der Waals surface area contributed by atoms with Crippen molar-refractivity contribution in [1.82, 2.24) is 4.98 Å². The Hall–Kier alpha value is -1.95. The minimum absolute atomic E-state index is 0.448. The van der Waals surface area contributed by atoms with Crippen LogP contribution in [-0.2, 0) is 0 Å². The van der Waals surface area contributed by atoms with Crippen LogP contribution >= 0.6 is 0 Å². The average Bonchev–Trinajstić information content (AvgIpc) is 2.44. The number of aryl methyl sites for hydroxylation is 1. The van der Waals surface area contributed by atoms with Crippen LogP contribution in [0.15, 0.2) is 18.2 Å². The van der Waals surface area contributed by atoms with Crippen molar-refractivity contribution in [3.63, 3.8) is 0 Å². The fourth-order valence-electron chi connectivity index (χ4n) is 1.54. The largest absolute Gasteiger partial charge is 0.396 e. The summed E-state index contributed by atoms with van der Waals surface area (Å²) >= 11 is 0. The summed E-state index contributed by atoms with van der Waals surface area (Å²) < 4.78 is 0. The Bertz CT molecular complexity index is 503. The Morgan fingerprint density at radius 2 is 2.23 bits per heavy atom. The molecule has 0 atom stereocenters. The zero-order valence-electron chi connectivity index (χ0n) is 7.26. The van der Waals surface area contributed by atoms with Gasteiger partial charge in [-0.1, -0.05) is 12.1 Å². The second-order valence-corrected chi connectivity index (χ2v) is 3.02. The van der Waals surface area contributed by atoms with Crippen LogP contribution in [0.5, 0.6) is 0 Å². The van der Waals surface area contributed by atoms with Gasteiger partial charge in [0.2, 0.25) is 0 Å². The Morgan fingerprint density at radius 3 is 2.85 bits per heavy atom. The van der Waals surface area contributed by atoms with Crippen molar-refractivity contribution in [1.29, 1.82) is 5.26 Å². The summed E-state index contributed by atoms with van der Waals surface area (Å²) in [5.74, 6) is 0. The van der Waals surface area contributed by atoms with Gasteiger partial charge in [-0.3, -0.25) is 0 Å². The highest BCUT2D eigenvalue weighted by Crippen LogP contribution is 2.26. The normalized spacial score (nSPS) is 10.2. The van der Waals surface area contributed by atoms with Crippen molar-refractivity contribution >= 4 is 16.6 Å². The van der Waals surface area contributed by atoms with E-state index in [-0.39, 0.29) is 0 Å². The smallest absolute Gasteiger partial charge is 0.141 e. The third kappa shape index (κ3) is 0.960. The number of hydrogen-bond donors (Lipinski definition) is 2. The summed E-state index contributed by atoms with van der Waals surface area (Å²) in [4.78, 5) is 2.97. The number of nitrogens with two attached hydrogens (primary N) is 1. The first kappa shape index (κ1) is 7.69. The molecule has 13 heavy (non-hydrogen) atoms. The van der Waals surface area contributed by atoms with Gasteiger partial charge in [0, 0.05) is 10.9 Å². The maximum absolute atomic E-state index is 8.75. The number of H-pyrrole nitrogens is 1. The highest BCUT2D eigenvalue weighted by atomic mass is 14.8. The summed E-state index contributed by atoms with van der Waals surface area (Å²) in [6, 6.07) is 7.87. The highest BCUT2D eigenvalue weighted by Gasteiger charge is 2.08. The van der Waals surface area contributed by atoms with Crippen molar-refractivity contribution in [2.45, 2.75) is 6.92 Å². The highest BCUT2D eigenvalue weighted by molar-refractivity contribution is 5.96. The lowest BCUT2D eigenvalue weighted by Gasteiger charge is -1.95. The molecule has 2 aromatic rings. The van der Waals surface area contributed by atoms with Crippen LogP contribution in [0.1, 0.15) is 11.3 Å². The molecule has 3 heteroatoms. The van der Waals surface area contributed by atoms with Crippen molar-refractivity contribution in [3.8, 4) is 6.07 Å². The van der Waals surface area contributed by atoms with Crippen LogP contribution < -0.4 is 5.73 Å². The summed E-state index contributed by atoms with van der Waals surface area (Å²) in [7, 11) is 0. The number of fused-ring (bicyclic) bond motifs is 1. The zero-order chi connectivity index (χ0) is 9.42. The number of aromatic nitrogens is 1. The summed E-state index contributed by atoms with van der Waals surface area (Å²) in [6.07, 6.45) is 0. The van der Waals surface area contributed by atoms with Gasteiger partial charge in [0.1, 0.15) is 11.8 Å². The number of benzene rings is 1. The molecule has 0 unspecified atom stereocenters. The molecule has 1 heterocycles. The quantitative estimate of drug-likeness (QED) is 0.636. The molecule has 0 saturated carbocycles. The van der Waals surface area contributed by atoms with Gasteiger partial charge in [-0.15, -0.1) is 0 Å². The van der Waals surface area contributed by atoms with Gasteiger partial charge in [-0.2, -0.15) is 5.26 Å². The molecule has 1 aromatic heterocycles. The number of hydrogen-bond acceptors (Lipinski definition) is 2. The van der Waals surface area contributed by atoms with Gasteiger partial charge in [0.05, 0.1) is 5.69 Å². The van der Waals surface area contributed by atoms with Crippen molar-refractivity contribution < 1.29 is 0 Å². The van der Waals surface area contributed by atoms with Crippen LogP contribution in [0, 0.1) is 18.3 Å². The van der Waals surface area contributed by atoms with Crippen LogP contribution in [0.2, 0.25) is 0 Å². The molecule has 3 N–H and O–H groups in total. The molecular formula is C10H9N3. The molecule has 0 aliphatic carbocycles. The van der Waals surface area contributed by atoms with Gasteiger partial charge in [-0.05, 0) is 18.6 Å². The lowest BCUT2D eigenvalue weighted by Crippen LogP contribution is -1.86. The molecule has 0 aliphatic rings. The van der Waals surface area contributed by atoms with Crippen molar-refractivity contribution in [2.75, 3.05) is 5.73 Å². The molecule has 2 rings (SSSR count). The average molecular weight is 171 g/mol. The molecule has 0 spiro atoms. The van der Waals surface area contributed by atoms with E-state index in [4.69, 9.17) is 11.0 Å². The Kier molecular flexibility index (Phi) is 1.49. The first-order chi connectivity index (χ1) is 6.24. The third-order valence-electron chi connectivity index (χ3n) is 2.18. The summed E-state index contributed by atoms with van der Waals surface area (Å²) in [5.41, 5.74) is 8.81. The number of rotatable bonds is 0. The predicted octanol–water partition coefficient (Wildman–Crippen LogP) is 1.93. The van der Waals surface area contributed by atoms with Gasteiger partial charge in [0.25, 0.3) is 0 Å². The van der Waals surface area contributed by atoms with Crippen molar-refractivity contribution in [3.05, 3.63) is 29.5 Å². The second-order valence-electron chi connectivity index (χ2n) is 3.02.